The van der Waals surface area contributed by atoms with E-state index in [0.29, 0.717) is 22.9 Å². The summed E-state index contributed by atoms with van der Waals surface area (Å²) < 4.78 is 15.3. The van der Waals surface area contributed by atoms with Gasteiger partial charge in [0.25, 0.3) is 5.91 Å². The Kier molecular flexibility index (Phi) is 6.76. The van der Waals surface area contributed by atoms with Gasteiger partial charge in [-0.3, -0.25) is 9.59 Å². The number of hydrogen-bond acceptors (Lipinski definition) is 6. The zero-order valence-corrected chi connectivity index (χ0v) is 15.2. The summed E-state index contributed by atoms with van der Waals surface area (Å²) in [7, 11) is 2.99. The topological polar surface area (TPSA) is 103 Å². The van der Waals surface area contributed by atoms with E-state index in [1.54, 1.807) is 30.3 Å². The molecule has 0 aliphatic carbocycles. The lowest BCUT2D eigenvalue weighted by molar-refractivity contribution is -0.119. The van der Waals surface area contributed by atoms with E-state index in [2.05, 4.69) is 10.6 Å². The number of amides is 2. The molecular weight excluding hydrogens is 352 g/mol. The molecule has 2 N–H and O–H groups in total. The van der Waals surface area contributed by atoms with Crippen molar-refractivity contribution in [2.75, 3.05) is 31.5 Å². The number of methoxy groups -OCH3 is 2. The van der Waals surface area contributed by atoms with Crippen LogP contribution in [0.5, 0.6) is 11.5 Å². The highest BCUT2D eigenvalue weighted by Gasteiger charge is 2.13. The molecule has 0 fully saturated rings. The number of nitrogens with one attached hydrogen (secondary N) is 2. The maximum absolute atomic E-state index is 12.0. The molecule has 2 aromatic carbocycles. The van der Waals surface area contributed by atoms with Crippen LogP contribution in [0.1, 0.15) is 17.3 Å². The van der Waals surface area contributed by atoms with Gasteiger partial charge < -0.3 is 24.8 Å². The third-order valence-electron chi connectivity index (χ3n) is 3.46. The van der Waals surface area contributed by atoms with Gasteiger partial charge in [-0.2, -0.15) is 0 Å². The standard InChI is InChI=1S/C19H20N2O6/c1-12(22)20-14-6-4-13(5-7-14)19(24)27-11-18(23)21-16-9-8-15(25-2)10-17(16)26-3/h4-10H,11H2,1-3H3,(H,20,22)(H,21,23). The summed E-state index contributed by atoms with van der Waals surface area (Å²) in [6.07, 6.45) is 0. The molecular formula is C19H20N2O6. The molecule has 2 amide bonds. The Balaban J connectivity index is 1.91. The number of ether oxygens (including phenoxy) is 3. The molecule has 0 spiro atoms. The molecule has 2 aromatic rings. The fourth-order valence-electron chi connectivity index (χ4n) is 2.20. The lowest BCUT2D eigenvalue weighted by atomic mass is 10.2. The highest BCUT2D eigenvalue weighted by Crippen LogP contribution is 2.28. The average molecular weight is 372 g/mol. The average Bonchev–Trinajstić information content (AvgIpc) is 2.66. The zero-order chi connectivity index (χ0) is 19.8. The predicted octanol–water partition coefficient (Wildman–Crippen LogP) is 2.46. The van der Waals surface area contributed by atoms with Crippen LogP contribution in [0.3, 0.4) is 0 Å². The van der Waals surface area contributed by atoms with Crippen molar-refractivity contribution < 1.29 is 28.6 Å². The number of carbonyl (C=O) groups excluding carboxylic acids is 3. The van der Waals surface area contributed by atoms with Crippen LogP contribution in [0.2, 0.25) is 0 Å². The highest BCUT2D eigenvalue weighted by molar-refractivity contribution is 5.96. The van der Waals surface area contributed by atoms with Gasteiger partial charge in [0.05, 0.1) is 25.5 Å². The first kappa shape index (κ1) is 19.8. The summed E-state index contributed by atoms with van der Waals surface area (Å²) in [4.78, 5) is 35.0. The number of rotatable bonds is 7. The van der Waals surface area contributed by atoms with E-state index in [-0.39, 0.29) is 11.5 Å². The van der Waals surface area contributed by atoms with Gasteiger partial charge in [-0.1, -0.05) is 0 Å². The van der Waals surface area contributed by atoms with Crippen molar-refractivity contribution >= 4 is 29.2 Å². The van der Waals surface area contributed by atoms with Crippen LogP contribution in [0.15, 0.2) is 42.5 Å². The number of benzene rings is 2. The van der Waals surface area contributed by atoms with Crippen LogP contribution in [-0.4, -0.2) is 38.6 Å². The summed E-state index contributed by atoms with van der Waals surface area (Å²) in [6.45, 7) is 0.931. The minimum atomic E-state index is -0.652. The molecule has 8 heteroatoms. The normalized spacial score (nSPS) is 9.89. The van der Waals surface area contributed by atoms with Crippen molar-refractivity contribution in [1.29, 1.82) is 0 Å². The van der Waals surface area contributed by atoms with Gasteiger partial charge in [-0.25, -0.2) is 4.79 Å². The van der Waals surface area contributed by atoms with Crippen molar-refractivity contribution in [3.8, 4) is 11.5 Å². The molecule has 27 heavy (non-hydrogen) atoms. The first-order valence-electron chi connectivity index (χ1n) is 7.99. The number of anilines is 2. The number of carbonyl (C=O) groups is 3. The Morgan fingerprint density at radius 1 is 0.926 bits per heavy atom. The molecule has 0 aliphatic heterocycles. The second-order valence-electron chi connectivity index (χ2n) is 5.45. The van der Waals surface area contributed by atoms with Crippen LogP contribution in [0.25, 0.3) is 0 Å². The minimum Gasteiger partial charge on any atom is -0.497 e. The maximum atomic E-state index is 12.0. The van der Waals surface area contributed by atoms with Crippen molar-refractivity contribution in [3.63, 3.8) is 0 Å². The van der Waals surface area contributed by atoms with E-state index in [4.69, 9.17) is 14.2 Å². The van der Waals surface area contributed by atoms with Crippen LogP contribution < -0.4 is 20.1 Å². The highest BCUT2D eigenvalue weighted by atomic mass is 16.5. The van der Waals surface area contributed by atoms with Crippen LogP contribution in [0, 0.1) is 0 Å². The fourth-order valence-corrected chi connectivity index (χ4v) is 2.20. The van der Waals surface area contributed by atoms with Gasteiger partial charge in [0, 0.05) is 18.7 Å². The second-order valence-corrected chi connectivity index (χ2v) is 5.45. The molecule has 0 atom stereocenters. The molecule has 0 aliphatic rings. The monoisotopic (exact) mass is 372 g/mol. The van der Waals surface area contributed by atoms with Gasteiger partial charge in [-0.05, 0) is 36.4 Å². The van der Waals surface area contributed by atoms with Gasteiger partial charge >= 0.3 is 5.97 Å². The van der Waals surface area contributed by atoms with Gasteiger partial charge in [0.15, 0.2) is 6.61 Å². The van der Waals surface area contributed by atoms with Crippen LogP contribution in [0.4, 0.5) is 11.4 Å². The summed E-state index contributed by atoms with van der Waals surface area (Å²) in [6, 6.07) is 11.0. The van der Waals surface area contributed by atoms with E-state index in [0.717, 1.165) is 0 Å². The lowest BCUT2D eigenvalue weighted by Crippen LogP contribution is -2.21. The van der Waals surface area contributed by atoms with E-state index in [9.17, 15) is 14.4 Å². The van der Waals surface area contributed by atoms with E-state index >= 15 is 0 Å². The van der Waals surface area contributed by atoms with Crippen molar-refractivity contribution in [2.24, 2.45) is 0 Å². The van der Waals surface area contributed by atoms with E-state index in [1.807, 2.05) is 0 Å². The van der Waals surface area contributed by atoms with Crippen molar-refractivity contribution in [3.05, 3.63) is 48.0 Å². The molecule has 0 aromatic heterocycles. The quantitative estimate of drug-likeness (QED) is 0.724. The van der Waals surface area contributed by atoms with Gasteiger partial charge in [0.2, 0.25) is 5.91 Å². The Bertz CT molecular complexity index is 833. The van der Waals surface area contributed by atoms with E-state index in [1.165, 1.54) is 33.3 Å². The van der Waals surface area contributed by atoms with E-state index < -0.39 is 18.5 Å². The first-order chi connectivity index (χ1) is 12.9. The molecule has 0 saturated heterocycles. The molecule has 0 unspecified atom stereocenters. The summed E-state index contributed by atoms with van der Waals surface area (Å²) >= 11 is 0. The summed E-state index contributed by atoms with van der Waals surface area (Å²) in [5.41, 5.74) is 1.25. The Morgan fingerprint density at radius 3 is 2.22 bits per heavy atom. The fraction of sp³-hybridized carbons (Fsp3) is 0.211. The summed E-state index contributed by atoms with van der Waals surface area (Å²) in [5, 5.41) is 5.20. The number of hydrogen-bond donors (Lipinski definition) is 2. The van der Waals surface area contributed by atoms with Crippen molar-refractivity contribution in [2.45, 2.75) is 6.92 Å². The molecule has 8 nitrogen and oxygen atoms in total. The zero-order valence-electron chi connectivity index (χ0n) is 15.2. The largest absolute Gasteiger partial charge is 0.497 e. The predicted molar refractivity (Wildman–Crippen MR) is 99.2 cm³/mol. The Labute approximate surface area is 156 Å². The third-order valence-corrected chi connectivity index (χ3v) is 3.46. The van der Waals surface area contributed by atoms with Gasteiger partial charge in [0.1, 0.15) is 11.5 Å². The molecule has 0 radical (unpaired) electrons. The minimum absolute atomic E-state index is 0.212. The molecule has 0 heterocycles. The first-order valence-corrected chi connectivity index (χ1v) is 7.99. The van der Waals surface area contributed by atoms with Crippen molar-refractivity contribution in [1.82, 2.24) is 0 Å². The van der Waals surface area contributed by atoms with Gasteiger partial charge in [-0.15, -0.1) is 0 Å². The SMILES string of the molecule is COc1ccc(NC(=O)COC(=O)c2ccc(NC(C)=O)cc2)c(OC)c1. The number of esters is 1. The molecule has 142 valence electrons. The smallest absolute Gasteiger partial charge is 0.338 e. The van der Waals surface area contributed by atoms with Crippen LogP contribution >= 0.6 is 0 Å². The molecule has 0 bridgehead atoms. The third kappa shape index (κ3) is 5.74. The Morgan fingerprint density at radius 2 is 1.63 bits per heavy atom. The summed E-state index contributed by atoms with van der Waals surface area (Å²) in [5.74, 6) is -0.375. The second kappa shape index (κ2) is 9.23. The van der Waals surface area contributed by atoms with Crippen LogP contribution in [-0.2, 0) is 14.3 Å². The molecule has 0 saturated carbocycles. The molecule has 2 rings (SSSR count). The maximum Gasteiger partial charge on any atom is 0.338 e. The lowest BCUT2D eigenvalue weighted by Gasteiger charge is -2.12. The Hall–Kier alpha value is -3.55.